The Labute approximate surface area is 413 Å². The van der Waals surface area contributed by atoms with Gasteiger partial charge in [-0.25, -0.2) is 0 Å². The predicted octanol–water partition coefficient (Wildman–Crippen LogP) is 19.5. The maximum Gasteiger partial charge on any atom is 0.139 e. The van der Waals surface area contributed by atoms with E-state index in [-0.39, 0.29) is 0 Å². The molecular formula is C68H46N2O. The summed E-state index contributed by atoms with van der Waals surface area (Å²) in [6.45, 7) is 0. The van der Waals surface area contributed by atoms with E-state index in [1.54, 1.807) is 0 Å². The van der Waals surface area contributed by atoms with Crippen molar-refractivity contribution >= 4 is 77.6 Å². The molecule has 0 fully saturated rings. The van der Waals surface area contributed by atoms with Crippen molar-refractivity contribution in [1.29, 1.82) is 0 Å². The lowest BCUT2D eigenvalue weighted by Crippen LogP contribution is -2.13. The van der Waals surface area contributed by atoms with Gasteiger partial charge >= 0.3 is 0 Å². The first-order valence-corrected chi connectivity index (χ1v) is 24.2. The van der Waals surface area contributed by atoms with Crippen molar-refractivity contribution < 1.29 is 4.42 Å². The van der Waals surface area contributed by atoms with Crippen LogP contribution in [0.25, 0.3) is 88.0 Å². The SMILES string of the molecule is c1ccc(-c2ccc(-c3ccc(N(c4ccccc4)c4cc(N(c5ccccc5)c5ccc(-c6ccc(-c7ccccc7)c7ccccc67)cc5)c5c(c4)oc4cc6ccccc6cc45)cc3)cc2)cc1. The highest BCUT2D eigenvalue weighted by Crippen LogP contribution is 2.49. The Bertz CT molecular complexity index is 4000. The molecule has 0 radical (unpaired) electrons. The summed E-state index contributed by atoms with van der Waals surface area (Å²) in [5.74, 6) is 0. The Kier molecular flexibility index (Phi) is 10.5. The van der Waals surface area contributed by atoms with Gasteiger partial charge in [-0.1, -0.05) is 206 Å². The van der Waals surface area contributed by atoms with Gasteiger partial charge in [0.05, 0.1) is 16.8 Å². The number of nitrogens with zero attached hydrogens (tertiary/aromatic N) is 2. The molecule has 0 aliphatic carbocycles. The number of para-hydroxylation sites is 2. The Morgan fingerprint density at radius 1 is 0.239 bits per heavy atom. The van der Waals surface area contributed by atoms with Crippen molar-refractivity contribution in [2.75, 3.05) is 9.80 Å². The lowest BCUT2D eigenvalue weighted by Gasteiger charge is -2.30. The monoisotopic (exact) mass is 906 g/mol. The van der Waals surface area contributed by atoms with Gasteiger partial charge in [0, 0.05) is 34.2 Å². The van der Waals surface area contributed by atoms with E-state index in [0.29, 0.717) is 0 Å². The summed E-state index contributed by atoms with van der Waals surface area (Å²) in [6.07, 6.45) is 0. The molecule has 0 atom stereocenters. The molecule has 0 aliphatic rings. The lowest BCUT2D eigenvalue weighted by molar-refractivity contribution is 0.669. The predicted molar refractivity (Wildman–Crippen MR) is 300 cm³/mol. The summed E-state index contributed by atoms with van der Waals surface area (Å²) in [7, 11) is 0. The molecule has 0 unspecified atom stereocenters. The minimum absolute atomic E-state index is 0.807. The molecule has 1 heterocycles. The van der Waals surface area contributed by atoms with E-state index in [0.717, 1.165) is 72.6 Å². The van der Waals surface area contributed by atoms with Crippen molar-refractivity contribution in [1.82, 2.24) is 0 Å². The molecule has 13 aromatic rings. The highest BCUT2D eigenvalue weighted by Gasteiger charge is 2.24. The molecule has 0 spiro atoms. The second-order valence-electron chi connectivity index (χ2n) is 18.1. The molecule has 0 saturated heterocycles. The molecule has 71 heavy (non-hydrogen) atoms. The number of anilines is 6. The van der Waals surface area contributed by atoms with Crippen LogP contribution in [0.3, 0.4) is 0 Å². The van der Waals surface area contributed by atoms with Crippen molar-refractivity contribution in [2.24, 2.45) is 0 Å². The van der Waals surface area contributed by atoms with Crippen LogP contribution < -0.4 is 9.80 Å². The Balaban J connectivity index is 0.974. The van der Waals surface area contributed by atoms with Crippen LogP contribution >= 0.6 is 0 Å². The molecule has 13 rings (SSSR count). The standard InChI is InChI=1S/C68H46N2O/c1-5-17-47(18-6-1)48-29-31-49(32-30-48)50-33-37-57(38-34-50)69(55-23-9-3-10-24-55)59-45-65(68-64-43-53-21-13-14-22-54(53)44-66(64)71-67(68)46-59)70(56-25-11-4-12-26-56)58-39-35-52(36-40-58)61-42-41-60(51-19-7-2-8-20-51)62-27-15-16-28-63(61)62/h1-46H. The maximum atomic E-state index is 7.01. The average molecular weight is 907 g/mol. The maximum absolute atomic E-state index is 7.01. The molecule has 0 saturated carbocycles. The van der Waals surface area contributed by atoms with Gasteiger partial charge in [0.1, 0.15) is 11.2 Å². The topological polar surface area (TPSA) is 19.6 Å². The van der Waals surface area contributed by atoms with Crippen LogP contribution in [0.1, 0.15) is 0 Å². The Hall–Kier alpha value is -9.44. The summed E-state index contributed by atoms with van der Waals surface area (Å²) >= 11 is 0. The molecule has 334 valence electrons. The van der Waals surface area contributed by atoms with E-state index in [4.69, 9.17) is 4.42 Å². The second-order valence-corrected chi connectivity index (χ2v) is 18.1. The molecule has 3 nitrogen and oxygen atoms in total. The Morgan fingerprint density at radius 2 is 0.634 bits per heavy atom. The van der Waals surface area contributed by atoms with E-state index < -0.39 is 0 Å². The highest BCUT2D eigenvalue weighted by molar-refractivity contribution is 6.17. The third-order valence-electron chi connectivity index (χ3n) is 13.8. The number of furan rings is 1. The zero-order valence-corrected chi connectivity index (χ0v) is 38.9. The van der Waals surface area contributed by atoms with Gasteiger partial charge in [-0.2, -0.15) is 0 Å². The quantitative estimate of drug-likeness (QED) is 0.136. The summed E-state index contributed by atoms with van der Waals surface area (Å²) in [6, 6.07) is 100. The van der Waals surface area contributed by atoms with Crippen molar-refractivity contribution in [2.45, 2.75) is 0 Å². The summed E-state index contributed by atoms with van der Waals surface area (Å²) < 4.78 is 7.01. The first-order valence-electron chi connectivity index (χ1n) is 24.2. The van der Waals surface area contributed by atoms with Gasteiger partial charge in [-0.3, -0.25) is 0 Å². The molecule has 3 heteroatoms. The molecule has 0 N–H and O–H groups in total. The fourth-order valence-corrected chi connectivity index (χ4v) is 10.4. The second kappa shape index (κ2) is 17.9. The van der Waals surface area contributed by atoms with Crippen LogP contribution in [0.15, 0.2) is 283 Å². The third-order valence-corrected chi connectivity index (χ3v) is 13.8. The Morgan fingerprint density at radius 3 is 1.20 bits per heavy atom. The van der Waals surface area contributed by atoms with Crippen molar-refractivity contribution in [3.63, 3.8) is 0 Å². The molecule has 12 aromatic carbocycles. The normalized spacial score (nSPS) is 11.4. The van der Waals surface area contributed by atoms with Gasteiger partial charge in [0.25, 0.3) is 0 Å². The number of rotatable bonds is 10. The number of hydrogen-bond acceptors (Lipinski definition) is 3. The van der Waals surface area contributed by atoms with Crippen LogP contribution in [0, 0.1) is 0 Å². The summed E-state index contributed by atoms with van der Waals surface area (Å²) in [4.78, 5) is 4.73. The smallest absolute Gasteiger partial charge is 0.139 e. The largest absolute Gasteiger partial charge is 0.456 e. The number of benzene rings is 12. The zero-order chi connectivity index (χ0) is 47.1. The molecule has 0 bridgehead atoms. The molecule has 1 aromatic heterocycles. The van der Waals surface area contributed by atoms with E-state index in [2.05, 4.69) is 289 Å². The lowest BCUT2D eigenvalue weighted by atomic mass is 9.92. The van der Waals surface area contributed by atoms with Crippen LogP contribution in [0.5, 0.6) is 0 Å². The van der Waals surface area contributed by atoms with Crippen molar-refractivity contribution in [3.05, 3.63) is 279 Å². The van der Waals surface area contributed by atoms with Gasteiger partial charge in [0.2, 0.25) is 0 Å². The molecule has 0 amide bonds. The third kappa shape index (κ3) is 7.76. The fourth-order valence-electron chi connectivity index (χ4n) is 10.4. The highest BCUT2D eigenvalue weighted by atomic mass is 16.3. The van der Waals surface area contributed by atoms with E-state index in [1.807, 2.05) is 0 Å². The first kappa shape index (κ1) is 41.7. The van der Waals surface area contributed by atoms with Gasteiger partial charge in [-0.15, -0.1) is 0 Å². The number of hydrogen-bond donors (Lipinski definition) is 0. The van der Waals surface area contributed by atoms with Gasteiger partial charge in [-0.05, 0) is 133 Å². The zero-order valence-electron chi connectivity index (χ0n) is 38.9. The molecule has 0 aliphatic heterocycles. The summed E-state index contributed by atoms with van der Waals surface area (Å²) in [5.41, 5.74) is 17.3. The first-order chi connectivity index (χ1) is 35.2. The van der Waals surface area contributed by atoms with Crippen LogP contribution in [-0.4, -0.2) is 0 Å². The van der Waals surface area contributed by atoms with Gasteiger partial charge < -0.3 is 14.2 Å². The van der Waals surface area contributed by atoms with Crippen LogP contribution in [0.2, 0.25) is 0 Å². The van der Waals surface area contributed by atoms with Crippen molar-refractivity contribution in [3.8, 4) is 44.5 Å². The van der Waals surface area contributed by atoms with Gasteiger partial charge in [0.15, 0.2) is 0 Å². The minimum Gasteiger partial charge on any atom is -0.456 e. The van der Waals surface area contributed by atoms with Crippen LogP contribution in [0.4, 0.5) is 34.1 Å². The fraction of sp³-hybridized carbons (Fsp3) is 0. The number of fused-ring (bicyclic) bond motifs is 5. The van der Waals surface area contributed by atoms with E-state index in [9.17, 15) is 0 Å². The molecular weight excluding hydrogens is 861 g/mol. The minimum atomic E-state index is 0.807. The van der Waals surface area contributed by atoms with E-state index in [1.165, 1.54) is 49.5 Å². The van der Waals surface area contributed by atoms with E-state index >= 15 is 0 Å². The average Bonchev–Trinajstić information content (AvgIpc) is 3.81. The van der Waals surface area contributed by atoms with Crippen LogP contribution in [-0.2, 0) is 0 Å². The summed E-state index contributed by atoms with van der Waals surface area (Å²) in [5, 5.41) is 6.88.